The highest BCUT2D eigenvalue weighted by Gasteiger charge is 2.05. The molecule has 0 radical (unpaired) electrons. The average molecular weight is 258 g/mol. The number of carbonyl (C=O) groups excluding carboxylic acids is 1. The molecule has 0 unspecified atom stereocenters. The molecular formula is C9H8BrNOS. The monoisotopic (exact) mass is 257 g/mol. The van der Waals surface area contributed by atoms with E-state index in [2.05, 4.69) is 28.1 Å². The smallest absolute Gasteiger partial charge is 0.169 e. The van der Waals surface area contributed by atoms with Crippen LogP contribution in [0.1, 0.15) is 16.8 Å². The summed E-state index contributed by atoms with van der Waals surface area (Å²) < 4.78 is 0.944. The molecule has 0 aliphatic rings. The Morgan fingerprint density at radius 3 is 2.38 bits per heavy atom. The number of Topliss-reactive ketones (excluding diaryl/α,β-unsaturated/α-hetero) is 1. The molecule has 1 aromatic rings. The van der Waals surface area contributed by atoms with Crippen LogP contribution in [0.25, 0.3) is 0 Å². The number of ketones is 1. The number of rotatable bonds is 3. The van der Waals surface area contributed by atoms with Gasteiger partial charge in [-0.15, -0.1) is 0 Å². The fourth-order valence-electron chi connectivity index (χ4n) is 0.896. The van der Waals surface area contributed by atoms with E-state index in [0.29, 0.717) is 5.56 Å². The summed E-state index contributed by atoms with van der Waals surface area (Å²) in [7, 11) is 0. The van der Waals surface area contributed by atoms with Crippen molar-refractivity contribution in [1.82, 2.24) is 0 Å². The maximum absolute atomic E-state index is 11.4. The second-order valence-corrected chi connectivity index (χ2v) is 4.01. The van der Waals surface area contributed by atoms with Gasteiger partial charge in [-0.2, -0.15) is 0 Å². The van der Waals surface area contributed by atoms with Crippen LogP contribution in [0.5, 0.6) is 0 Å². The van der Waals surface area contributed by atoms with Crippen molar-refractivity contribution in [3.05, 3.63) is 34.3 Å². The lowest BCUT2D eigenvalue weighted by Crippen LogP contribution is -2.14. The van der Waals surface area contributed by atoms with E-state index < -0.39 is 0 Å². The summed E-state index contributed by atoms with van der Waals surface area (Å²) in [5.41, 5.74) is 5.90. The van der Waals surface area contributed by atoms with E-state index in [1.54, 1.807) is 12.1 Å². The van der Waals surface area contributed by atoms with Gasteiger partial charge >= 0.3 is 0 Å². The maximum atomic E-state index is 11.4. The molecule has 0 atom stereocenters. The topological polar surface area (TPSA) is 43.1 Å². The van der Waals surface area contributed by atoms with E-state index >= 15 is 0 Å². The first-order valence-corrected chi connectivity index (χ1v) is 4.87. The molecule has 0 aliphatic heterocycles. The molecule has 0 amide bonds. The summed E-state index contributed by atoms with van der Waals surface area (Å²) >= 11 is 7.93. The third kappa shape index (κ3) is 3.24. The van der Waals surface area contributed by atoms with Crippen molar-refractivity contribution in [2.24, 2.45) is 5.73 Å². The standard InChI is InChI=1S/C9H8BrNOS/c10-7-3-1-6(2-4-7)8(12)5-9(11)13/h1-4H,5H2,(H2,11,13). The lowest BCUT2D eigenvalue weighted by Gasteiger charge is -1.98. The van der Waals surface area contributed by atoms with Crippen molar-refractivity contribution in [2.75, 3.05) is 0 Å². The Bertz CT molecular complexity index is 334. The Morgan fingerprint density at radius 2 is 1.92 bits per heavy atom. The van der Waals surface area contributed by atoms with Crippen molar-refractivity contribution >= 4 is 38.9 Å². The summed E-state index contributed by atoms with van der Waals surface area (Å²) in [5.74, 6) is -0.0417. The minimum absolute atomic E-state index is 0.0417. The average Bonchev–Trinajstić information content (AvgIpc) is 2.04. The molecule has 1 aromatic carbocycles. The third-order valence-electron chi connectivity index (χ3n) is 1.50. The molecule has 0 saturated carbocycles. The Balaban J connectivity index is 2.78. The molecular weight excluding hydrogens is 250 g/mol. The van der Waals surface area contributed by atoms with E-state index in [9.17, 15) is 4.79 Å². The highest BCUT2D eigenvalue weighted by molar-refractivity contribution is 9.10. The summed E-state index contributed by atoms with van der Waals surface area (Å²) in [4.78, 5) is 11.6. The molecule has 0 fully saturated rings. The predicted octanol–water partition coefficient (Wildman–Crippen LogP) is 2.31. The number of hydrogen-bond donors (Lipinski definition) is 1. The summed E-state index contributed by atoms with van der Waals surface area (Å²) in [6.07, 6.45) is 0.136. The zero-order chi connectivity index (χ0) is 9.84. The molecule has 13 heavy (non-hydrogen) atoms. The number of benzene rings is 1. The minimum atomic E-state index is -0.0417. The lowest BCUT2D eigenvalue weighted by molar-refractivity contribution is 0.100. The number of nitrogens with two attached hydrogens (primary N) is 1. The number of hydrogen-bond acceptors (Lipinski definition) is 2. The highest BCUT2D eigenvalue weighted by atomic mass is 79.9. The Kier molecular flexibility index (Phi) is 3.57. The van der Waals surface area contributed by atoms with Gasteiger partial charge < -0.3 is 5.73 Å². The van der Waals surface area contributed by atoms with Crippen LogP contribution >= 0.6 is 28.1 Å². The van der Waals surface area contributed by atoms with Crippen LogP contribution in [-0.4, -0.2) is 10.8 Å². The van der Waals surface area contributed by atoms with Gasteiger partial charge in [-0.3, -0.25) is 4.79 Å². The SMILES string of the molecule is NC(=S)CC(=O)c1ccc(Br)cc1. The van der Waals surface area contributed by atoms with Crippen LogP contribution < -0.4 is 5.73 Å². The predicted molar refractivity (Wildman–Crippen MR) is 59.9 cm³/mol. The van der Waals surface area contributed by atoms with Crippen LogP contribution in [0, 0.1) is 0 Å². The van der Waals surface area contributed by atoms with Crippen molar-refractivity contribution < 1.29 is 4.79 Å². The zero-order valence-electron chi connectivity index (χ0n) is 6.79. The molecule has 0 aromatic heterocycles. The van der Waals surface area contributed by atoms with Crippen molar-refractivity contribution in [3.63, 3.8) is 0 Å². The van der Waals surface area contributed by atoms with Gasteiger partial charge in [-0.05, 0) is 12.1 Å². The quantitative estimate of drug-likeness (QED) is 0.668. The highest BCUT2D eigenvalue weighted by Crippen LogP contribution is 2.11. The van der Waals surface area contributed by atoms with Gasteiger partial charge in [0.2, 0.25) is 0 Å². The van der Waals surface area contributed by atoms with Gasteiger partial charge in [0.25, 0.3) is 0 Å². The Morgan fingerprint density at radius 1 is 1.38 bits per heavy atom. The maximum Gasteiger partial charge on any atom is 0.169 e. The van der Waals surface area contributed by atoms with E-state index in [0.717, 1.165) is 4.47 Å². The first-order valence-electron chi connectivity index (χ1n) is 3.66. The molecule has 0 aliphatic carbocycles. The second kappa shape index (κ2) is 4.48. The van der Waals surface area contributed by atoms with Crippen LogP contribution in [0.15, 0.2) is 28.7 Å². The first kappa shape index (κ1) is 10.3. The fourth-order valence-corrected chi connectivity index (χ4v) is 1.29. The third-order valence-corrected chi connectivity index (χ3v) is 2.17. The van der Waals surface area contributed by atoms with Gasteiger partial charge in [0.05, 0.1) is 11.4 Å². The van der Waals surface area contributed by atoms with Gasteiger partial charge in [0.1, 0.15) is 0 Å². The number of halogens is 1. The molecule has 68 valence electrons. The Labute approximate surface area is 90.3 Å². The molecule has 0 spiro atoms. The number of thiocarbonyl (C=S) groups is 1. The summed E-state index contributed by atoms with van der Waals surface area (Å²) in [5, 5.41) is 0. The molecule has 1 rings (SSSR count). The van der Waals surface area contributed by atoms with Gasteiger partial charge in [0.15, 0.2) is 5.78 Å². The van der Waals surface area contributed by atoms with Crippen LogP contribution in [0.3, 0.4) is 0 Å². The Hall–Kier alpha value is -0.740. The molecule has 2 nitrogen and oxygen atoms in total. The lowest BCUT2D eigenvalue weighted by atomic mass is 10.1. The molecule has 0 saturated heterocycles. The van der Waals surface area contributed by atoms with E-state index in [1.807, 2.05) is 12.1 Å². The van der Waals surface area contributed by atoms with Gasteiger partial charge in [0, 0.05) is 10.0 Å². The summed E-state index contributed by atoms with van der Waals surface area (Å²) in [6, 6.07) is 7.11. The molecule has 4 heteroatoms. The second-order valence-electron chi connectivity index (χ2n) is 2.57. The van der Waals surface area contributed by atoms with E-state index in [4.69, 9.17) is 5.73 Å². The van der Waals surface area contributed by atoms with E-state index in [1.165, 1.54) is 0 Å². The number of carbonyl (C=O) groups is 1. The summed E-state index contributed by atoms with van der Waals surface area (Å²) in [6.45, 7) is 0. The van der Waals surface area contributed by atoms with Crippen molar-refractivity contribution in [2.45, 2.75) is 6.42 Å². The van der Waals surface area contributed by atoms with Crippen molar-refractivity contribution in [3.8, 4) is 0 Å². The van der Waals surface area contributed by atoms with Crippen LogP contribution in [-0.2, 0) is 0 Å². The molecule has 2 N–H and O–H groups in total. The molecule has 0 heterocycles. The van der Waals surface area contributed by atoms with Gasteiger partial charge in [-0.1, -0.05) is 40.3 Å². The van der Waals surface area contributed by atoms with Crippen LogP contribution in [0.2, 0.25) is 0 Å². The largest absolute Gasteiger partial charge is 0.393 e. The van der Waals surface area contributed by atoms with Crippen LogP contribution in [0.4, 0.5) is 0 Å². The van der Waals surface area contributed by atoms with E-state index in [-0.39, 0.29) is 17.2 Å². The fraction of sp³-hybridized carbons (Fsp3) is 0.111. The first-order chi connectivity index (χ1) is 6.09. The normalized spacial score (nSPS) is 9.62. The molecule has 0 bridgehead atoms. The minimum Gasteiger partial charge on any atom is -0.393 e. The van der Waals surface area contributed by atoms with Crippen molar-refractivity contribution in [1.29, 1.82) is 0 Å². The van der Waals surface area contributed by atoms with Gasteiger partial charge in [-0.25, -0.2) is 0 Å². The zero-order valence-corrected chi connectivity index (χ0v) is 9.19.